The van der Waals surface area contributed by atoms with Crippen LogP contribution in [0.3, 0.4) is 0 Å². The maximum absolute atomic E-state index is 13.6. The van der Waals surface area contributed by atoms with E-state index in [1.54, 1.807) is 11.3 Å². The smallest absolute Gasteiger partial charge is 0.254 e. The first-order valence-electron chi connectivity index (χ1n) is 10.6. The summed E-state index contributed by atoms with van der Waals surface area (Å²) in [6.07, 6.45) is 0. The number of pyridine rings is 1. The Bertz CT molecular complexity index is 1240. The number of anilines is 1. The van der Waals surface area contributed by atoms with Crippen molar-refractivity contribution in [3.8, 4) is 11.3 Å². The second-order valence-corrected chi connectivity index (χ2v) is 8.93. The lowest BCUT2D eigenvalue weighted by molar-refractivity contribution is 0.0748. The van der Waals surface area contributed by atoms with Crippen molar-refractivity contribution in [1.82, 2.24) is 9.88 Å². The lowest BCUT2D eigenvalue weighted by Crippen LogP contribution is -2.49. The summed E-state index contributed by atoms with van der Waals surface area (Å²) in [5.41, 5.74) is 7.22. The SMILES string of the molecule is Cc1ccc2nc(-c3ccsc3)cc(C(=O)N3CCN(c4ccccc4C)CC3)c2c1. The van der Waals surface area contributed by atoms with Crippen molar-refractivity contribution in [2.45, 2.75) is 13.8 Å². The topological polar surface area (TPSA) is 36.4 Å². The van der Waals surface area contributed by atoms with Gasteiger partial charge in [0.1, 0.15) is 0 Å². The number of fused-ring (bicyclic) bond motifs is 1. The third-order valence-corrected chi connectivity index (χ3v) is 6.72. The van der Waals surface area contributed by atoms with Crippen LogP contribution in [-0.2, 0) is 0 Å². The van der Waals surface area contributed by atoms with E-state index in [1.807, 2.05) is 22.4 Å². The van der Waals surface area contributed by atoms with Crippen LogP contribution in [0.1, 0.15) is 21.5 Å². The van der Waals surface area contributed by atoms with Gasteiger partial charge in [-0.3, -0.25) is 4.79 Å². The van der Waals surface area contributed by atoms with Gasteiger partial charge in [-0.25, -0.2) is 4.98 Å². The summed E-state index contributed by atoms with van der Waals surface area (Å²) >= 11 is 1.64. The Labute approximate surface area is 186 Å². The molecule has 0 aliphatic carbocycles. The van der Waals surface area contributed by atoms with Crippen LogP contribution in [0.4, 0.5) is 5.69 Å². The highest BCUT2D eigenvalue weighted by Gasteiger charge is 2.25. The monoisotopic (exact) mass is 427 g/mol. The van der Waals surface area contributed by atoms with Gasteiger partial charge < -0.3 is 9.80 Å². The van der Waals surface area contributed by atoms with Gasteiger partial charge in [-0.15, -0.1) is 0 Å². The summed E-state index contributed by atoms with van der Waals surface area (Å²) in [5.74, 6) is 0.0962. The lowest BCUT2D eigenvalue weighted by Gasteiger charge is -2.37. The highest BCUT2D eigenvalue weighted by atomic mass is 32.1. The average Bonchev–Trinajstić information content (AvgIpc) is 3.33. The summed E-state index contributed by atoms with van der Waals surface area (Å²) in [6, 6.07) is 18.6. The molecule has 1 amide bonds. The number of amides is 1. The third-order valence-electron chi connectivity index (χ3n) is 6.03. The summed E-state index contributed by atoms with van der Waals surface area (Å²) in [4.78, 5) is 22.8. The van der Waals surface area contributed by atoms with Crippen molar-refractivity contribution < 1.29 is 4.79 Å². The predicted molar refractivity (Wildman–Crippen MR) is 129 cm³/mol. The van der Waals surface area contributed by atoms with Crippen LogP contribution in [0.25, 0.3) is 22.2 Å². The first-order valence-corrected chi connectivity index (χ1v) is 11.6. The molecule has 1 fully saturated rings. The minimum Gasteiger partial charge on any atom is -0.368 e. The molecular formula is C26H25N3OS. The molecule has 0 spiro atoms. The second kappa shape index (κ2) is 8.16. The maximum atomic E-state index is 13.6. The summed E-state index contributed by atoms with van der Waals surface area (Å²) in [7, 11) is 0. The van der Waals surface area contributed by atoms with Crippen LogP contribution in [0.2, 0.25) is 0 Å². The molecule has 2 aromatic heterocycles. The highest BCUT2D eigenvalue weighted by molar-refractivity contribution is 7.08. The molecule has 2 aromatic carbocycles. The van der Waals surface area contributed by atoms with E-state index in [-0.39, 0.29) is 5.91 Å². The molecule has 0 bridgehead atoms. The first-order chi connectivity index (χ1) is 15.1. The van der Waals surface area contributed by atoms with Gasteiger partial charge in [-0.1, -0.05) is 29.8 Å². The fourth-order valence-electron chi connectivity index (χ4n) is 4.31. The maximum Gasteiger partial charge on any atom is 0.254 e. The van der Waals surface area contributed by atoms with Crippen molar-refractivity contribution in [3.05, 3.63) is 82.0 Å². The molecule has 1 saturated heterocycles. The van der Waals surface area contributed by atoms with Crippen LogP contribution in [0, 0.1) is 13.8 Å². The molecule has 1 aliphatic heterocycles. The molecule has 4 aromatic rings. The van der Waals surface area contributed by atoms with Gasteiger partial charge in [0.05, 0.1) is 16.8 Å². The lowest BCUT2D eigenvalue weighted by atomic mass is 10.0. The van der Waals surface area contributed by atoms with Gasteiger partial charge in [-0.05, 0) is 55.1 Å². The van der Waals surface area contributed by atoms with Crippen molar-refractivity contribution in [1.29, 1.82) is 0 Å². The molecule has 156 valence electrons. The van der Waals surface area contributed by atoms with Gasteiger partial charge in [0, 0.05) is 48.2 Å². The summed E-state index contributed by atoms with van der Waals surface area (Å²) < 4.78 is 0. The van der Waals surface area contributed by atoms with E-state index in [2.05, 4.69) is 66.6 Å². The van der Waals surface area contributed by atoms with Crippen LogP contribution >= 0.6 is 11.3 Å². The van der Waals surface area contributed by atoms with Gasteiger partial charge in [0.2, 0.25) is 0 Å². The number of hydrogen-bond donors (Lipinski definition) is 0. The quantitative estimate of drug-likeness (QED) is 0.431. The number of carbonyl (C=O) groups is 1. The fraction of sp³-hybridized carbons (Fsp3) is 0.231. The molecule has 1 aliphatic rings. The first kappa shape index (κ1) is 19.8. The molecule has 5 heteroatoms. The van der Waals surface area contributed by atoms with Crippen molar-refractivity contribution >= 4 is 33.8 Å². The van der Waals surface area contributed by atoms with E-state index in [1.165, 1.54) is 11.3 Å². The van der Waals surface area contributed by atoms with E-state index in [0.29, 0.717) is 0 Å². The van der Waals surface area contributed by atoms with Crippen LogP contribution in [-0.4, -0.2) is 42.0 Å². The number of benzene rings is 2. The van der Waals surface area contributed by atoms with Crippen molar-refractivity contribution in [3.63, 3.8) is 0 Å². The van der Waals surface area contributed by atoms with Crippen molar-refractivity contribution in [2.75, 3.05) is 31.1 Å². The molecule has 0 radical (unpaired) electrons. The van der Waals surface area contributed by atoms with Gasteiger partial charge in [0.15, 0.2) is 0 Å². The Hall–Kier alpha value is -3.18. The number of piperazine rings is 1. The fourth-order valence-corrected chi connectivity index (χ4v) is 4.96. The zero-order chi connectivity index (χ0) is 21.4. The van der Waals surface area contributed by atoms with E-state index < -0.39 is 0 Å². The van der Waals surface area contributed by atoms with E-state index >= 15 is 0 Å². The zero-order valence-electron chi connectivity index (χ0n) is 17.8. The Morgan fingerprint density at radius 1 is 0.968 bits per heavy atom. The molecule has 31 heavy (non-hydrogen) atoms. The van der Waals surface area contributed by atoms with E-state index in [4.69, 9.17) is 4.98 Å². The Morgan fingerprint density at radius 3 is 2.52 bits per heavy atom. The van der Waals surface area contributed by atoms with Gasteiger partial charge >= 0.3 is 0 Å². The normalized spacial score (nSPS) is 14.3. The number of aromatic nitrogens is 1. The molecular weight excluding hydrogens is 402 g/mol. The number of hydrogen-bond acceptors (Lipinski definition) is 4. The van der Waals surface area contributed by atoms with Crippen LogP contribution in [0.5, 0.6) is 0 Å². The minimum atomic E-state index is 0.0962. The highest BCUT2D eigenvalue weighted by Crippen LogP contribution is 2.29. The number of carbonyl (C=O) groups excluding carboxylic acids is 1. The standard InChI is InChI=1S/C26H25N3OS/c1-18-7-8-23-21(15-18)22(16-24(27-23)20-9-14-31-17-20)26(30)29-12-10-28(11-13-29)25-6-4-3-5-19(25)2/h3-9,14-17H,10-13H2,1-2H3. The zero-order valence-corrected chi connectivity index (χ0v) is 18.7. The average molecular weight is 428 g/mol. The van der Waals surface area contributed by atoms with E-state index in [0.717, 1.165) is 59.5 Å². The van der Waals surface area contributed by atoms with Crippen molar-refractivity contribution in [2.24, 2.45) is 0 Å². The Kier molecular flexibility index (Phi) is 5.20. The molecule has 4 nitrogen and oxygen atoms in total. The second-order valence-electron chi connectivity index (χ2n) is 8.15. The van der Waals surface area contributed by atoms with Gasteiger partial charge in [0.25, 0.3) is 5.91 Å². The number of nitrogens with zero attached hydrogens (tertiary/aromatic N) is 3. The van der Waals surface area contributed by atoms with Crippen LogP contribution in [0.15, 0.2) is 65.4 Å². The Balaban J connectivity index is 1.46. The summed E-state index contributed by atoms with van der Waals surface area (Å²) in [5, 5.41) is 5.06. The molecule has 0 N–H and O–H groups in total. The number of thiophene rings is 1. The number of rotatable bonds is 3. The molecule has 0 unspecified atom stereocenters. The van der Waals surface area contributed by atoms with Gasteiger partial charge in [-0.2, -0.15) is 11.3 Å². The number of aryl methyl sites for hydroxylation is 2. The molecule has 0 saturated carbocycles. The Morgan fingerprint density at radius 2 is 1.77 bits per heavy atom. The van der Waals surface area contributed by atoms with Crippen LogP contribution < -0.4 is 4.90 Å². The van der Waals surface area contributed by atoms with E-state index in [9.17, 15) is 4.79 Å². The third kappa shape index (κ3) is 3.81. The number of para-hydroxylation sites is 1. The molecule has 0 atom stereocenters. The summed E-state index contributed by atoms with van der Waals surface area (Å²) in [6.45, 7) is 7.32. The molecule has 3 heterocycles. The predicted octanol–water partition coefficient (Wildman–Crippen LogP) is 5.54. The molecule has 5 rings (SSSR count). The minimum absolute atomic E-state index is 0.0962. The largest absolute Gasteiger partial charge is 0.368 e.